The second-order valence-corrected chi connectivity index (χ2v) is 10.5. The Morgan fingerprint density at radius 1 is 1.23 bits per heavy atom. The van der Waals surface area contributed by atoms with E-state index in [0.717, 1.165) is 49.4 Å². The number of hydrogen-bond donors (Lipinski definition) is 4. The SMILES string of the molecule is Cc1cc(Oc2ccccc2)ncc1N1C(=O)NC2=C(C(=O)N[C@@H]3CCNC3)SC3NCCC1C23. The predicted octanol–water partition coefficient (Wildman–Crippen LogP) is 2.45. The highest BCUT2D eigenvalue weighted by Crippen LogP contribution is 2.48. The van der Waals surface area contributed by atoms with Gasteiger partial charge in [-0.1, -0.05) is 30.0 Å². The highest BCUT2D eigenvalue weighted by atomic mass is 32.2. The van der Waals surface area contributed by atoms with E-state index in [0.29, 0.717) is 16.5 Å². The molecule has 0 bridgehead atoms. The first-order chi connectivity index (χ1) is 17.1. The normalized spacial score (nSPS) is 27.5. The minimum atomic E-state index is -0.223. The largest absolute Gasteiger partial charge is 0.439 e. The molecule has 4 aliphatic heterocycles. The van der Waals surface area contributed by atoms with Crippen LogP contribution in [-0.4, -0.2) is 54.0 Å². The quantitative estimate of drug-likeness (QED) is 0.508. The third-order valence-corrected chi connectivity index (χ3v) is 8.38. The van der Waals surface area contributed by atoms with Gasteiger partial charge in [-0.2, -0.15) is 0 Å². The number of aromatic nitrogens is 1. The van der Waals surface area contributed by atoms with E-state index in [4.69, 9.17) is 4.74 Å². The molecule has 4 N–H and O–H groups in total. The zero-order chi connectivity index (χ0) is 23.9. The molecule has 1 aromatic heterocycles. The molecule has 6 rings (SSSR count). The van der Waals surface area contributed by atoms with E-state index < -0.39 is 0 Å². The summed E-state index contributed by atoms with van der Waals surface area (Å²) in [4.78, 5) is 33.5. The topological polar surface area (TPSA) is 108 Å². The van der Waals surface area contributed by atoms with E-state index >= 15 is 0 Å². The Bertz CT molecular complexity index is 1180. The summed E-state index contributed by atoms with van der Waals surface area (Å²) in [6.07, 6.45) is 3.42. The zero-order valence-electron chi connectivity index (χ0n) is 19.4. The summed E-state index contributed by atoms with van der Waals surface area (Å²) in [5, 5.41) is 13.1. The van der Waals surface area contributed by atoms with Crippen molar-refractivity contribution < 1.29 is 14.3 Å². The molecule has 9 nitrogen and oxygen atoms in total. The highest BCUT2D eigenvalue weighted by molar-refractivity contribution is 8.04. The first-order valence-electron chi connectivity index (χ1n) is 12.0. The number of carbonyl (C=O) groups is 2. The number of aryl methyl sites for hydroxylation is 1. The number of amides is 3. The Morgan fingerprint density at radius 3 is 2.86 bits per heavy atom. The Morgan fingerprint density at radius 2 is 2.09 bits per heavy atom. The van der Waals surface area contributed by atoms with Gasteiger partial charge in [-0.05, 0) is 50.6 Å². The number of benzene rings is 1. The maximum absolute atomic E-state index is 13.4. The minimum Gasteiger partial charge on any atom is -0.439 e. The molecule has 5 heterocycles. The van der Waals surface area contributed by atoms with Crippen molar-refractivity contribution in [3.8, 4) is 11.6 Å². The van der Waals surface area contributed by atoms with E-state index in [1.807, 2.05) is 48.2 Å². The lowest BCUT2D eigenvalue weighted by atomic mass is 9.86. The van der Waals surface area contributed by atoms with Gasteiger partial charge in [-0.25, -0.2) is 9.78 Å². The molecule has 4 aliphatic rings. The smallest absolute Gasteiger partial charge is 0.326 e. The van der Waals surface area contributed by atoms with Gasteiger partial charge in [-0.3, -0.25) is 9.69 Å². The molecule has 3 saturated heterocycles. The lowest BCUT2D eigenvalue weighted by Gasteiger charge is -2.46. The van der Waals surface area contributed by atoms with Crippen molar-refractivity contribution in [2.75, 3.05) is 24.5 Å². The van der Waals surface area contributed by atoms with Gasteiger partial charge in [0.25, 0.3) is 5.91 Å². The maximum atomic E-state index is 13.4. The molecule has 3 unspecified atom stereocenters. The van der Waals surface area contributed by atoms with Crippen molar-refractivity contribution in [1.82, 2.24) is 26.3 Å². The second kappa shape index (κ2) is 9.18. The van der Waals surface area contributed by atoms with Crippen molar-refractivity contribution in [2.24, 2.45) is 5.92 Å². The molecule has 2 aromatic rings. The van der Waals surface area contributed by atoms with Crippen LogP contribution >= 0.6 is 11.8 Å². The van der Waals surface area contributed by atoms with Crippen LogP contribution in [0.4, 0.5) is 10.5 Å². The average molecular weight is 493 g/mol. The number of rotatable bonds is 5. The van der Waals surface area contributed by atoms with Crippen molar-refractivity contribution in [3.63, 3.8) is 0 Å². The number of thioether (sulfide) groups is 1. The number of para-hydroxylation sites is 1. The molecular weight excluding hydrogens is 464 g/mol. The van der Waals surface area contributed by atoms with Crippen LogP contribution < -0.4 is 30.9 Å². The number of nitrogens with one attached hydrogen (secondary N) is 4. The fraction of sp³-hybridized carbons (Fsp3) is 0.400. The van der Waals surface area contributed by atoms with Gasteiger partial charge in [-0.15, -0.1) is 0 Å². The van der Waals surface area contributed by atoms with E-state index in [1.165, 1.54) is 11.8 Å². The van der Waals surface area contributed by atoms with Crippen LogP contribution in [0.5, 0.6) is 11.6 Å². The Balaban J connectivity index is 1.27. The highest BCUT2D eigenvalue weighted by Gasteiger charge is 2.52. The number of carbonyl (C=O) groups excluding carboxylic acids is 2. The van der Waals surface area contributed by atoms with Gasteiger partial charge in [0, 0.05) is 30.3 Å². The maximum Gasteiger partial charge on any atom is 0.326 e. The first kappa shape index (κ1) is 22.4. The number of nitrogens with zero attached hydrogens (tertiary/aromatic N) is 2. The van der Waals surface area contributed by atoms with Crippen LogP contribution in [0.2, 0.25) is 0 Å². The summed E-state index contributed by atoms with van der Waals surface area (Å²) in [6, 6.07) is 11.2. The summed E-state index contributed by atoms with van der Waals surface area (Å²) >= 11 is 1.53. The van der Waals surface area contributed by atoms with E-state index in [-0.39, 0.29) is 35.3 Å². The molecule has 0 saturated carbocycles. The van der Waals surface area contributed by atoms with Gasteiger partial charge >= 0.3 is 6.03 Å². The molecule has 3 fully saturated rings. The molecule has 0 spiro atoms. The molecule has 1 aromatic carbocycles. The summed E-state index contributed by atoms with van der Waals surface area (Å²) in [5.41, 5.74) is 2.41. The third-order valence-electron chi connectivity index (χ3n) is 7.03. The van der Waals surface area contributed by atoms with Crippen molar-refractivity contribution >= 4 is 29.4 Å². The van der Waals surface area contributed by atoms with Gasteiger partial charge < -0.3 is 26.0 Å². The Labute approximate surface area is 208 Å². The van der Waals surface area contributed by atoms with Crippen molar-refractivity contribution in [1.29, 1.82) is 0 Å². The lowest BCUT2D eigenvalue weighted by Crippen LogP contribution is -2.62. The molecule has 182 valence electrons. The summed E-state index contributed by atoms with van der Waals surface area (Å²) < 4.78 is 5.87. The van der Waals surface area contributed by atoms with Gasteiger partial charge in [0.05, 0.1) is 28.2 Å². The number of anilines is 1. The van der Waals surface area contributed by atoms with Crippen LogP contribution in [0.3, 0.4) is 0 Å². The zero-order valence-corrected chi connectivity index (χ0v) is 20.2. The van der Waals surface area contributed by atoms with Crippen LogP contribution in [0.15, 0.2) is 53.2 Å². The molecule has 3 amide bonds. The van der Waals surface area contributed by atoms with E-state index in [9.17, 15) is 9.59 Å². The average Bonchev–Trinajstić information content (AvgIpc) is 3.50. The van der Waals surface area contributed by atoms with Crippen LogP contribution in [0, 0.1) is 12.8 Å². The Kier molecular flexibility index (Phi) is 5.87. The Hall–Kier alpha value is -3.08. The number of ether oxygens (including phenoxy) is 1. The number of hydrogen-bond acceptors (Lipinski definition) is 7. The monoisotopic (exact) mass is 492 g/mol. The minimum absolute atomic E-state index is 0.00792. The molecule has 10 heteroatoms. The third kappa shape index (κ3) is 4.15. The number of piperidine rings is 1. The van der Waals surface area contributed by atoms with Crippen molar-refractivity contribution in [3.05, 3.63) is 58.8 Å². The van der Waals surface area contributed by atoms with Crippen molar-refractivity contribution in [2.45, 2.75) is 37.2 Å². The van der Waals surface area contributed by atoms with Crippen LogP contribution in [0.1, 0.15) is 18.4 Å². The molecule has 0 radical (unpaired) electrons. The fourth-order valence-corrected chi connectivity index (χ4v) is 6.77. The summed E-state index contributed by atoms with van der Waals surface area (Å²) in [5.74, 6) is 1.10. The summed E-state index contributed by atoms with van der Waals surface area (Å²) in [6.45, 7) is 4.43. The summed E-state index contributed by atoms with van der Waals surface area (Å²) in [7, 11) is 0. The number of pyridine rings is 1. The van der Waals surface area contributed by atoms with Gasteiger partial charge in [0.1, 0.15) is 5.75 Å². The molecular formula is C25H28N6O3S. The first-order valence-corrected chi connectivity index (χ1v) is 12.9. The predicted molar refractivity (Wildman–Crippen MR) is 134 cm³/mol. The number of urea groups is 1. The van der Waals surface area contributed by atoms with Gasteiger partial charge in [0.15, 0.2) is 0 Å². The lowest BCUT2D eigenvalue weighted by molar-refractivity contribution is -0.117. The van der Waals surface area contributed by atoms with Crippen LogP contribution in [-0.2, 0) is 4.79 Å². The molecule has 4 atom stereocenters. The van der Waals surface area contributed by atoms with E-state index in [2.05, 4.69) is 26.3 Å². The second-order valence-electron chi connectivity index (χ2n) is 9.30. The van der Waals surface area contributed by atoms with E-state index in [1.54, 1.807) is 6.20 Å². The van der Waals surface area contributed by atoms with Gasteiger partial charge in [0.2, 0.25) is 5.88 Å². The molecule has 35 heavy (non-hydrogen) atoms. The van der Waals surface area contributed by atoms with Crippen LogP contribution in [0.25, 0.3) is 0 Å². The molecule has 0 aliphatic carbocycles. The standard InChI is InChI=1S/C25H28N6O3S/c1-14-11-19(34-16-5-3-2-4-6-16)28-13-18(14)31-17-8-10-27-24-20(17)21(30-25(31)33)22(35-24)23(32)29-15-7-9-26-12-15/h2-6,11,13,15,17,20,24,26-27H,7-10,12H2,1H3,(H,29,32)(H,30,33)/t15-,17?,20?,24?/m1/s1. The fourth-order valence-electron chi connectivity index (χ4n) is 5.37.